The normalized spacial score (nSPS) is 11.8. The first-order valence-electron chi connectivity index (χ1n) is 8.32. The predicted octanol–water partition coefficient (Wildman–Crippen LogP) is 5.18. The molecule has 0 aliphatic carbocycles. The van der Waals surface area contributed by atoms with Crippen LogP contribution < -0.4 is 5.32 Å². The van der Waals surface area contributed by atoms with Crippen molar-refractivity contribution in [3.63, 3.8) is 0 Å². The van der Waals surface area contributed by atoms with Crippen molar-refractivity contribution < 1.29 is 22.4 Å². The summed E-state index contributed by atoms with van der Waals surface area (Å²) in [7, 11) is 0. The lowest BCUT2D eigenvalue weighted by Gasteiger charge is -2.11. The van der Waals surface area contributed by atoms with Crippen molar-refractivity contribution >= 4 is 28.0 Å². The number of carbonyl (C=O) groups excluding carboxylic acids is 1. The summed E-state index contributed by atoms with van der Waals surface area (Å²) in [4.78, 5) is 21.3. The van der Waals surface area contributed by atoms with Crippen molar-refractivity contribution in [3.05, 3.63) is 70.7 Å². The summed E-state index contributed by atoms with van der Waals surface area (Å²) >= 11 is 1.34. The van der Waals surface area contributed by atoms with Gasteiger partial charge in [0.1, 0.15) is 23.0 Å². The van der Waals surface area contributed by atoms with E-state index >= 15 is 0 Å². The highest BCUT2D eigenvalue weighted by atomic mass is 32.1. The third-order valence-corrected chi connectivity index (χ3v) is 4.99. The van der Waals surface area contributed by atoms with E-state index < -0.39 is 23.6 Å². The van der Waals surface area contributed by atoms with Gasteiger partial charge in [0.25, 0.3) is 5.91 Å². The molecule has 1 amide bonds. The summed E-state index contributed by atoms with van der Waals surface area (Å²) in [6.07, 6.45) is -2.89. The van der Waals surface area contributed by atoms with Gasteiger partial charge in [0.05, 0.1) is 11.3 Å². The number of halogens is 4. The SMILES string of the molecule is Cc1nc(C(F)(F)F)ccc1C(=O)Nc1c(-c2ccc(F)cc2)nc2sccn12. The molecule has 0 spiro atoms. The summed E-state index contributed by atoms with van der Waals surface area (Å²) in [6.45, 7) is 1.33. The Morgan fingerprint density at radius 3 is 2.48 bits per heavy atom. The number of aromatic nitrogens is 3. The Hall–Kier alpha value is -3.27. The van der Waals surface area contributed by atoms with Crippen LogP contribution in [0.25, 0.3) is 16.2 Å². The Morgan fingerprint density at radius 1 is 1.10 bits per heavy atom. The molecule has 0 bridgehead atoms. The first-order valence-corrected chi connectivity index (χ1v) is 9.19. The van der Waals surface area contributed by atoms with Gasteiger partial charge in [-0.2, -0.15) is 13.2 Å². The number of alkyl halides is 3. The molecule has 5 nitrogen and oxygen atoms in total. The number of thiazole rings is 1. The topological polar surface area (TPSA) is 59.3 Å². The second-order valence-electron chi connectivity index (χ2n) is 6.15. The number of anilines is 1. The predicted molar refractivity (Wildman–Crippen MR) is 100 cm³/mol. The maximum absolute atomic E-state index is 13.3. The second kappa shape index (κ2) is 6.96. The van der Waals surface area contributed by atoms with Crippen LogP contribution in [0.15, 0.2) is 48.0 Å². The van der Waals surface area contributed by atoms with Crippen LogP contribution >= 0.6 is 11.3 Å². The van der Waals surface area contributed by atoms with E-state index in [1.54, 1.807) is 16.0 Å². The average molecular weight is 420 g/mol. The van der Waals surface area contributed by atoms with Crippen molar-refractivity contribution in [2.24, 2.45) is 0 Å². The minimum absolute atomic E-state index is 0.00763. The molecule has 4 aromatic rings. The van der Waals surface area contributed by atoms with Crippen molar-refractivity contribution in [1.82, 2.24) is 14.4 Å². The molecule has 4 rings (SSSR count). The molecule has 0 aliphatic heterocycles. The number of amides is 1. The zero-order valence-electron chi connectivity index (χ0n) is 14.8. The van der Waals surface area contributed by atoms with E-state index in [1.807, 2.05) is 0 Å². The molecule has 3 aromatic heterocycles. The quantitative estimate of drug-likeness (QED) is 0.465. The largest absolute Gasteiger partial charge is 0.433 e. The molecule has 0 atom stereocenters. The van der Waals surface area contributed by atoms with E-state index in [9.17, 15) is 22.4 Å². The fraction of sp³-hybridized carbons (Fsp3) is 0.105. The van der Waals surface area contributed by atoms with Gasteiger partial charge in [-0.05, 0) is 43.3 Å². The van der Waals surface area contributed by atoms with Crippen molar-refractivity contribution in [2.45, 2.75) is 13.1 Å². The van der Waals surface area contributed by atoms with E-state index in [1.165, 1.54) is 42.5 Å². The molecule has 1 N–H and O–H groups in total. The number of hydrogen-bond donors (Lipinski definition) is 1. The number of carbonyl (C=O) groups is 1. The molecule has 1 aromatic carbocycles. The number of nitrogens with one attached hydrogen (secondary N) is 1. The van der Waals surface area contributed by atoms with E-state index in [-0.39, 0.29) is 11.3 Å². The van der Waals surface area contributed by atoms with Crippen LogP contribution in [0.2, 0.25) is 0 Å². The standard InChI is InChI=1S/C19H12F4N4OS/c1-10-13(6-7-14(24-10)19(21,22)23)17(28)26-16-15(11-2-4-12(20)5-3-11)25-18-27(16)8-9-29-18/h2-9H,1H3,(H,26,28). The van der Waals surface area contributed by atoms with Crippen LogP contribution in [0.3, 0.4) is 0 Å². The molecular formula is C19H12F4N4OS. The molecular weight excluding hydrogens is 408 g/mol. The summed E-state index contributed by atoms with van der Waals surface area (Å²) in [6, 6.07) is 7.46. The lowest BCUT2D eigenvalue weighted by atomic mass is 10.1. The maximum atomic E-state index is 13.3. The molecule has 10 heteroatoms. The molecule has 29 heavy (non-hydrogen) atoms. The van der Waals surface area contributed by atoms with Crippen LogP contribution in [0, 0.1) is 12.7 Å². The zero-order valence-corrected chi connectivity index (χ0v) is 15.6. The highest BCUT2D eigenvalue weighted by Gasteiger charge is 2.33. The van der Waals surface area contributed by atoms with E-state index in [2.05, 4.69) is 15.3 Å². The van der Waals surface area contributed by atoms with Crippen molar-refractivity contribution in [2.75, 3.05) is 5.32 Å². The fourth-order valence-corrected chi connectivity index (χ4v) is 3.56. The van der Waals surface area contributed by atoms with Crippen molar-refractivity contribution in [1.29, 1.82) is 0 Å². The molecule has 0 aliphatic rings. The number of pyridine rings is 1. The maximum Gasteiger partial charge on any atom is 0.433 e. The summed E-state index contributed by atoms with van der Waals surface area (Å²) < 4.78 is 53.3. The molecule has 0 saturated heterocycles. The number of fused-ring (bicyclic) bond motifs is 1. The third-order valence-electron chi connectivity index (χ3n) is 4.23. The first kappa shape index (κ1) is 19.1. The van der Waals surface area contributed by atoms with Gasteiger partial charge in [-0.1, -0.05) is 0 Å². The number of imidazole rings is 1. The van der Waals surface area contributed by atoms with Crippen LogP contribution in [0.1, 0.15) is 21.7 Å². The van der Waals surface area contributed by atoms with Gasteiger partial charge in [0.2, 0.25) is 0 Å². The number of aryl methyl sites for hydroxylation is 1. The van der Waals surface area contributed by atoms with Crippen LogP contribution in [0.5, 0.6) is 0 Å². The van der Waals surface area contributed by atoms with E-state index in [4.69, 9.17) is 0 Å². The fourth-order valence-electron chi connectivity index (χ4n) is 2.85. The molecule has 3 heterocycles. The molecule has 0 radical (unpaired) electrons. The van der Waals surface area contributed by atoms with Gasteiger partial charge in [-0.25, -0.2) is 14.4 Å². The van der Waals surface area contributed by atoms with Crippen LogP contribution in [0.4, 0.5) is 23.4 Å². The highest BCUT2D eigenvalue weighted by molar-refractivity contribution is 7.15. The minimum atomic E-state index is -4.59. The summed E-state index contributed by atoms with van der Waals surface area (Å²) in [5.41, 5.74) is -0.106. The van der Waals surface area contributed by atoms with Gasteiger partial charge in [-0.15, -0.1) is 11.3 Å². The second-order valence-corrected chi connectivity index (χ2v) is 7.03. The van der Waals surface area contributed by atoms with Gasteiger partial charge in [0.15, 0.2) is 4.96 Å². The van der Waals surface area contributed by atoms with Gasteiger partial charge in [0, 0.05) is 17.1 Å². The summed E-state index contributed by atoms with van der Waals surface area (Å²) in [5.74, 6) is -0.705. The average Bonchev–Trinajstić information content (AvgIpc) is 3.24. The number of benzene rings is 1. The number of nitrogens with zero attached hydrogens (tertiary/aromatic N) is 3. The Labute approximate surface area is 165 Å². The lowest BCUT2D eigenvalue weighted by Crippen LogP contribution is -2.17. The molecule has 0 fully saturated rings. The Morgan fingerprint density at radius 2 is 1.83 bits per heavy atom. The Bertz CT molecular complexity index is 1210. The lowest BCUT2D eigenvalue weighted by molar-refractivity contribution is -0.141. The van der Waals surface area contributed by atoms with Crippen LogP contribution in [-0.4, -0.2) is 20.3 Å². The minimum Gasteiger partial charge on any atom is -0.306 e. The van der Waals surface area contributed by atoms with E-state index in [0.29, 0.717) is 22.0 Å². The van der Waals surface area contributed by atoms with Crippen molar-refractivity contribution in [3.8, 4) is 11.3 Å². The molecule has 148 valence electrons. The van der Waals surface area contributed by atoms with Gasteiger partial charge in [-0.3, -0.25) is 9.20 Å². The van der Waals surface area contributed by atoms with E-state index in [0.717, 1.165) is 12.1 Å². The first-order chi connectivity index (χ1) is 13.7. The molecule has 0 saturated carbocycles. The number of rotatable bonds is 3. The Kier molecular flexibility index (Phi) is 4.58. The highest BCUT2D eigenvalue weighted by Crippen LogP contribution is 2.32. The summed E-state index contributed by atoms with van der Waals surface area (Å²) in [5, 5.41) is 4.48. The zero-order chi connectivity index (χ0) is 20.8. The third kappa shape index (κ3) is 3.58. The molecule has 0 unspecified atom stereocenters. The smallest absolute Gasteiger partial charge is 0.306 e. The van der Waals surface area contributed by atoms with Gasteiger partial charge >= 0.3 is 6.18 Å². The number of hydrogen-bond acceptors (Lipinski definition) is 4. The van der Waals surface area contributed by atoms with Gasteiger partial charge < -0.3 is 5.32 Å². The van der Waals surface area contributed by atoms with Crippen LogP contribution in [-0.2, 0) is 6.18 Å². The monoisotopic (exact) mass is 420 g/mol. The Balaban J connectivity index is 1.72.